The van der Waals surface area contributed by atoms with Gasteiger partial charge >= 0.3 is 0 Å². The molecule has 0 aliphatic rings. The lowest BCUT2D eigenvalue weighted by Crippen LogP contribution is -2.25. The Morgan fingerprint density at radius 2 is 2.21 bits per heavy atom. The van der Waals surface area contributed by atoms with Gasteiger partial charge in [0, 0.05) is 8.07 Å². The minimum absolute atomic E-state index is 0.0726. The van der Waals surface area contributed by atoms with E-state index in [9.17, 15) is 0 Å². The van der Waals surface area contributed by atoms with E-state index in [2.05, 4.69) is 35.8 Å². The first-order valence-electron chi connectivity index (χ1n) is 4.73. The zero-order valence-corrected chi connectivity index (χ0v) is 9.94. The molecule has 1 aromatic heterocycles. The first-order chi connectivity index (χ1) is 6.51. The summed E-state index contributed by atoms with van der Waals surface area (Å²) in [4.78, 5) is 3.86. The van der Waals surface area contributed by atoms with Crippen molar-refractivity contribution in [3.63, 3.8) is 0 Å². The molecule has 0 fully saturated rings. The van der Waals surface area contributed by atoms with Crippen molar-refractivity contribution in [2.75, 3.05) is 0 Å². The Labute approximate surface area is 85.6 Å². The summed E-state index contributed by atoms with van der Waals surface area (Å²) in [6.07, 6.45) is 3.16. The average Bonchev–Trinajstić information content (AvgIpc) is 2.53. The van der Waals surface area contributed by atoms with Crippen LogP contribution >= 0.6 is 0 Å². The minimum Gasteiger partial charge on any atom is -0.252 e. The van der Waals surface area contributed by atoms with Crippen molar-refractivity contribution in [3.8, 4) is 6.07 Å². The summed E-state index contributed by atoms with van der Waals surface area (Å²) in [6, 6.07) is 3.36. The summed E-state index contributed by atoms with van der Waals surface area (Å²) in [7, 11) is -1.16. The van der Waals surface area contributed by atoms with E-state index in [0.717, 1.165) is 6.04 Å². The summed E-state index contributed by atoms with van der Waals surface area (Å²) in [6.45, 7) is 7.50. The molecule has 1 rings (SSSR count). The van der Waals surface area contributed by atoms with E-state index in [4.69, 9.17) is 5.26 Å². The SMILES string of the molecule is C[Si](C)(C)CC(C#N)Cn1cncn1. The van der Waals surface area contributed by atoms with Gasteiger partial charge in [-0.05, 0) is 6.04 Å². The van der Waals surface area contributed by atoms with Crippen LogP contribution in [0.4, 0.5) is 0 Å². The molecule has 0 bridgehead atoms. The van der Waals surface area contributed by atoms with Gasteiger partial charge in [-0.25, -0.2) is 4.98 Å². The first-order valence-corrected chi connectivity index (χ1v) is 8.44. The fraction of sp³-hybridized carbons (Fsp3) is 0.667. The third kappa shape index (κ3) is 3.71. The highest BCUT2D eigenvalue weighted by Crippen LogP contribution is 2.17. The normalized spacial score (nSPS) is 13.6. The average molecular weight is 208 g/mol. The van der Waals surface area contributed by atoms with Crippen LogP contribution in [0, 0.1) is 17.2 Å². The van der Waals surface area contributed by atoms with Crippen molar-refractivity contribution < 1.29 is 0 Å². The summed E-state index contributed by atoms with van der Waals surface area (Å²) in [5.74, 6) is 0.0726. The molecule has 0 N–H and O–H groups in total. The molecular formula is C9H16N4Si. The predicted octanol–water partition coefficient (Wildman–Crippen LogP) is 1.76. The molecule has 1 atom stereocenters. The monoisotopic (exact) mass is 208 g/mol. The standard InChI is InChI=1S/C9H16N4Si/c1-14(2,3)6-9(4-10)5-13-8-11-7-12-13/h7-9H,5-6H2,1-3H3. The van der Waals surface area contributed by atoms with Crippen LogP contribution in [0.25, 0.3) is 0 Å². The summed E-state index contributed by atoms with van der Waals surface area (Å²) >= 11 is 0. The van der Waals surface area contributed by atoms with E-state index in [1.54, 1.807) is 11.0 Å². The van der Waals surface area contributed by atoms with Crippen molar-refractivity contribution >= 4 is 8.07 Å². The number of nitriles is 1. The Morgan fingerprint density at radius 3 is 2.64 bits per heavy atom. The molecule has 0 aliphatic heterocycles. The third-order valence-electron chi connectivity index (χ3n) is 1.92. The van der Waals surface area contributed by atoms with Gasteiger partial charge < -0.3 is 0 Å². The lowest BCUT2D eigenvalue weighted by Gasteiger charge is -2.19. The Hall–Kier alpha value is -1.15. The number of rotatable bonds is 4. The fourth-order valence-corrected chi connectivity index (χ4v) is 3.14. The van der Waals surface area contributed by atoms with Crippen molar-refractivity contribution in [1.29, 1.82) is 5.26 Å². The summed E-state index contributed by atoms with van der Waals surface area (Å²) in [5.41, 5.74) is 0. The predicted molar refractivity (Wildman–Crippen MR) is 57.3 cm³/mol. The van der Waals surface area contributed by atoms with Gasteiger partial charge in [-0.3, -0.25) is 4.68 Å². The number of nitrogens with zero attached hydrogens (tertiary/aromatic N) is 4. The Balaban J connectivity index is 2.53. The van der Waals surface area contributed by atoms with E-state index >= 15 is 0 Å². The first kappa shape index (κ1) is 10.9. The summed E-state index contributed by atoms with van der Waals surface area (Å²) < 4.78 is 1.73. The maximum atomic E-state index is 9.00. The van der Waals surface area contributed by atoms with Gasteiger partial charge in [0.1, 0.15) is 12.7 Å². The highest BCUT2D eigenvalue weighted by atomic mass is 28.3. The molecule has 14 heavy (non-hydrogen) atoms. The third-order valence-corrected chi connectivity index (χ3v) is 3.63. The number of hydrogen-bond acceptors (Lipinski definition) is 3. The molecule has 5 heteroatoms. The molecule has 0 aliphatic carbocycles. The second kappa shape index (κ2) is 4.38. The Morgan fingerprint density at radius 1 is 1.50 bits per heavy atom. The maximum Gasteiger partial charge on any atom is 0.137 e. The van der Waals surface area contributed by atoms with Crippen LogP contribution in [0.1, 0.15) is 0 Å². The summed E-state index contributed by atoms with van der Waals surface area (Å²) in [5, 5.41) is 13.0. The lowest BCUT2D eigenvalue weighted by molar-refractivity contribution is 0.523. The lowest BCUT2D eigenvalue weighted by atomic mass is 10.2. The topological polar surface area (TPSA) is 54.5 Å². The van der Waals surface area contributed by atoms with Gasteiger partial charge in [0.15, 0.2) is 0 Å². The van der Waals surface area contributed by atoms with Gasteiger partial charge in [-0.15, -0.1) is 0 Å². The van der Waals surface area contributed by atoms with Crippen molar-refractivity contribution in [2.45, 2.75) is 32.2 Å². The highest BCUT2D eigenvalue weighted by molar-refractivity contribution is 6.76. The van der Waals surface area contributed by atoms with Gasteiger partial charge in [0.2, 0.25) is 0 Å². The number of aromatic nitrogens is 3. The van der Waals surface area contributed by atoms with Gasteiger partial charge in [-0.2, -0.15) is 10.4 Å². The largest absolute Gasteiger partial charge is 0.252 e. The van der Waals surface area contributed by atoms with Gasteiger partial charge in [0.05, 0.1) is 18.5 Å². The molecule has 76 valence electrons. The molecule has 0 saturated heterocycles. The second-order valence-electron chi connectivity index (χ2n) is 4.71. The van der Waals surface area contributed by atoms with E-state index < -0.39 is 8.07 Å². The minimum atomic E-state index is -1.16. The van der Waals surface area contributed by atoms with Crippen LogP contribution in [0.3, 0.4) is 0 Å². The van der Waals surface area contributed by atoms with Crippen LogP contribution in [0.2, 0.25) is 25.7 Å². The van der Waals surface area contributed by atoms with Crippen molar-refractivity contribution in [1.82, 2.24) is 14.8 Å². The molecule has 0 aromatic carbocycles. The molecule has 1 unspecified atom stereocenters. The fourth-order valence-electron chi connectivity index (χ4n) is 1.44. The van der Waals surface area contributed by atoms with E-state index in [-0.39, 0.29) is 5.92 Å². The van der Waals surface area contributed by atoms with Crippen molar-refractivity contribution in [3.05, 3.63) is 12.7 Å². The molecule has 1 aromatic rings. The van der Waals surface area contributed by atoms with E-state index in [1.807, 2.05) is 0 Å². The van der Waals surface area contributed by atoms with Crippen LogP contribution < -0.4 is 0 Å². The molecule has 1 heterocycles. The second-order valence-corrected chi connectivity index (χ2v) is 10.2. The maximum absolute atomic E-state index is 9.00. The molecule has 0 amide bonds. The van der Waals surface area contributed by atoms with E-state index in [0.29, 0.717) is 6.54 Å². The number of hydrogen-bond donors (Lipinski definition) is 0. The van der Waals surface area contributed by atoms with Gasteiger partial charge in [-0.1, -0.05) is 19.6 Å². The molecule has 0 radical (unpaired) electrons. The highest BCUT2D eigenvalue weighted by Gasteiger charge is 2.20. The Kier molecular flexibility index (Phi) is 3.41. The van der Waals surface area contributed by atoms with Crippen LogP contribution in [0.5, 0.6) is 0 Å². The zero-order chi connectivity index (χ0) is 10.6. The molecule has 0 saturated carbocycles. The molecular weight excluding hydrogens is 192 g/mol. The van der Waals surface area contributed by atoms with Crippen LogP contribution in [0.15, 0.2) is 12.7 Å². The van der Waals surface area contributed by atoms with Crippen molar-refractivity contribution in [2.24, 2.45) is 5.92 Å². The van der Waals surface area contributed by atoms with Crippen LogP contribution in [-0.4, -0.2) is 22.8 Å². The smallest absolute Gasteiger partial charge is 0.137 e. The molecule has 0 spiro atoms. The van der Waals surface area contributed by atoms with Gasteiger partial charge in [0.25, 0.3) is 0 Å². The zero-order valence-electron chi connectivity index (χ0n) is 8.94. The van der Waals surface area contributed by atoms with E-state index in [1.165, 1.54) is 6.33 Å². The quantitative estimate of drug-likeness (QED) is 0.708. The molecule has 4 nitrogen and oxygen atoms in total. The Bertz CT molecular complexity index is 307. The van der Waals surface area contributed by atoms with Crippen LogP contribution in [-0.2, 0) is 6.54 Å².